The second-order valence-electron chi connectivity index (χ2n) is 14.3. The Morgan fingerprint density at radius 3 is 1.00 bits per heavy atom. The van der Waals surface area contributed by atoms with Crippen molar-refractivity contribution in [3.05, 3.63) is 214 Å². The maximum atomic E-state index is 13.1. The minimum Gasteiger partial charge on any atom is -0.268 e. The van der Waals surface area contributed by atoms with E-state index in [1.165, 1.54) is 9.80 Å². The zero-order valence-electron chi connectivity index (χ0n) is 31.0. The van der Waals surface area contributed by atoms with Gasteiger partial charge in [-0.1, -0.05) is 146 Å². The molecule has 0 fully saturated rings. The molecule has 4 amide bonds. The van der Waals surface area contributed by atoms with Crippen LogP contribution in [0.3, 0.4) is 0 Å². The summed E-state index contributed by atoms with van der Waals surface area (Å²) in [5.41, 5.74) is 8.80. The molecule has 0 radical (unpaired) electrons. The van der Waals surface area contributed by atoms with Gasteiger partial charge < -0.3 is 0 Å². The Labute approximate surface area is 334 Å². The summed E-state index contributed by atoms with van der Waals surface area (Å²) in [6.45, 7) is 0. The number of amides is 4. The molecule has 0 aliphatic carbocycles. The highest BCUT2D eigenvalue weighted by Crippen LogP contribution is 2.41. The number of benzene rings is 8. The van der Waals surface area contributed by atoms with Gasteiger partial charge in [-0.3, -0.25) is 19.2 Å². The minimum absolute atomic E-state index is 0.317. The highest BCUT2D eigenvalue weighted by Gasteiger charge is 2.37. The highest BCUT2D eigenvalue weighted by molar-refractivity contribution is 6.35. The van der Waals surface area contributed by atoms with E-state index in [4.69, 9.17) is 0 Å². The predicted molar refractivity (Wildman–Crippen MR) is 233 cm³/mol. The summed E-state index contributed by atoms with van der Waals surface area (Å²) in [5, 5.41) is 4.46. The molecule has 0 spiro atoms. The number of hydrogen-bond donors (Lipinski definition) is 0. The Hall–Kier alpha value is -7.96. The van der Waals surface area contributed by atoms with Crippen molar-refractivity contribution in [1.29, 1.82) is 0 Å². The maximum Gasteiger partial charge on any atom is 0.266 e. The van der Waals surface area contributed by atoms with Crippen molar-refractivity contribution in [3.8, 4) is 11.1 Å². The number of nitrogens with zero attached hydrogens (tertiary/aromatic N) is 2. The summed E-state index contributed by atoms with van der Waals surface area (Å²) >= 11 is 0. The Morgan fingerprint density at radius 2 is 0.638 bits per heavy atom. The fourth-order valence-corrected chi connectivity index (χ4v) is 8.10. The maximum absolute atomic E-state index is 13.1. The first kappa shape index (κ1) is 34.5. The summed E-state index contributed by atoms with van der Waals surface area (Å²) < 4.78 is 0. The van der Waals surface area contributed by atoms with Crippen LogP contribution in [0.15, 0.2) is 170 Å². The fraction of sp³-hybridized carbons (Fsp3) is 0. The van der Waals surface area contributed by atoms with Crippen LogP contribution in [0.1, 0.15) is 63.7 Å². The quantitative estimate of drug-likeness (QED) is 0.120. The molecule has 0 unspecified atom stereocenters. The molecule has 58 heavy (non-hydrogen) atoms. The van der Waals surface area contributed by atoms with Crippen molar-refractivity contribution >= 4 is 80.9 Å². The zero-order chi connectivity index (χ0) is 39.3. The molecule has 0 saturated heterocycles. The average Bonchev–Trinajstić information content (AvgIpc) is 3.68. The number of anilines is 2. The highest BCUT2D eigenvalue weighted by atomic mass is 16.2. The molecule has 8 aromatic rings. The van der Waals surface area contributed by atoms with Gasteiger partial charge >= 0.3 is 0 Å². The predicted octanol–water partition coefficient (Wildman–Crippen LogP) is 11.6. The summed E-state index contributed by atoms with van der Waals surface area (Å²) in [4.78, 5) is 54.9. The first-order valence-electron chi connectivity index (χ1n) is 19.0. The van der Waals surface area contributed by atoms with Crippen LogP contribution in [0.2, 0.25) is 0 Å². The van der Waals surface area contributed by atoms with Crippen LogP contribution in [0.25, 0.3) is 57.0 Å². The average molecular weight is 749 g/mol. The molecule has 0 N–H and O–H groups in total. The molecule has 0 bridgehead atoms. The molecule has 2 heterocycles. The third-order valence-corrected chi connectivity index (χ3v) is 11.0. The van der Waals surface area contributed by atoms with Gasteiger partial charge in [-0.15, -0.1) is 0 Å². The molecular weight excluding hydrogens is 717 g/mol. The number of carbonyl (C=O) groups is 4. The Bertz CT molecular complexity index is 2810. The van der Waals surface area contributed by atoms with E-state index in [0.29, 0.717) is 33.6 Å². The zero-order valence-corrected chi connectivity index (χ0v) is 31.0. The van der Waals surface area contributed by atoms with E-state index in [0.717, 1.165) is 54.9 Å². The molecule has 0 saturated carbocycles. The molecular formula is C52H32N2O4. The summed E-state index contributed by atoms with van der Waals surface area (Å²) in [5.74, 6) is -1.27. The third kappa shape index (κ3) is 5.74. The van der Waals surface area contributed by atoms with E-state index in [9.17, 15) is 19.2 Å². The van der Waals surface area contributed by atoms with Gasteiger partial charge in [0.25, 0.3) is 23.6 Å². The van der Waals surface area contributed by atoms with Crippen LogP contribution in [0, 0.1) is 0 Å². The number of rotatable bonds is 7. The molecule has 10 rings (SSSR count). The standard InChI is InChI=1S/C52H32N2O4/c55-49-43-13-5-6-14-44(43)50(56)53(49)39-29-19-33(20-30-39)17-23-37-27-25-35-9-1-3-11-41(35)47(37)48-38(28-26-36-10-2-4-12-42(36)48)24-18-34-21-31-40(32-22-34)54-51(57)45-15-7-8-16-46(45)52(54)58/h1-32H/b23-17-,24-18-. The van der Waals surface area contributed by atoms with Crippen LogP contribution in [-0.4, -0.2) is 23.6 Å². The summed E-state index contributed by atoms with van der Waals surface area (Å²) in [6.07, 6.45) is 8.34. The van der Waals surface area contributed by atoms with Crippen molar-refractivity contribution in [1.82, 2.24) is 0 Å². The fourth-order valence-electron chi connectivity index (χ4n) is 8.10. The van der Waals surface area contributed by atoms with Crippen molar-refractivity contribution in [2.75, 3.05) is 9.80 Å². The van der Waals surface area contributed by atoms with Crippen LogP contribution in [0.5, 0.6) is 0 Å². The second-order valence-corrected chi connectivity index (χ2v) is 14.3. The van der Waals surface area contributed by atoms with Crippen LogP contribution < -0.4 is 9.80 Å². The van der Waals surface area contributed by atoms with Crippen molar-refractivity contribution in [3.63, 3.8) is 0 Å². The Kier molecular flexibility index (Phi) is 8.31. The van der Waals surface area contributed by atoms with Crippen molar-refractivity contribution < 1.29 is 19.2 Å². The second kappa shape index (κ2) is 14.0. The number of carbonyl (C=O) groups excluding carboxylic acids is 4. The lowest BCUT2D eigenvalue weighted by molar-refractivity contribution is 0.0910. The van der Waals surface area contributed by atoms with Crippen LogP contribution in [-0.2, 0) is 0 Å². The van der Waals surface area contributed by atoms with E-state index >= 15 is 0 Å². The Morgan fingerprint density at radius 1 is 0.310 bits per heavy atom. The number of fused-ring (bicyclic) bond motifs is 4. The topological polar surface area (TPSA) is 74.8 Å². The molecule has 0 atom stereocenters. The first-order valence-corrected chi connectivity index (χ1v) is 19.0. The molecule has 6 nitrogen and oxygen atoms in total. The minimum atomic E-state index is -0.317. The SMILES string of the molecule is O=C1c2ccccc2C(=O)N1c1ccc(/C=C\c2ccc3ccccc3c2-c2c(/C=C\c3ccc(N4C(=O)c5ccccc5C4=O)cc3)ccc3ccccc23)cc1. The smallest absolute Gasteiger partial charge is 0.266 e. The van der Waals surface area contributed by atoms with E-state index in [-0.39, 0.29) is 23.6 Å². The van der Waals surface area contributed by atoms with Gasteiger partial charge in [0.15, 0.2) is 0 Å². The lowest BCUT2D eigenvalue weighted by Crippen LogP contribution is -2.29. The summed E-state index contributed by atoms with van der Waals surface area (Å²) in [6, 6.07) is 54.1. The first-order chi connectivity index (χ1) is 28.4. The largest absolute Gasteiger partial charge is 0.268 e. The summed E-state index contributed by atoms with van der Waals surface area (Å²) in [7, 11) is 0. The van der Waals surface area contributed by atoms with E-state index in [1.54, 1.807) is 48.5 Å². The van der Waals surface area contributed by atoms with Crippen molar-refractivity contribution in [2.45, 2.75) is 0 Å². The van der Waals surface area contributed by atoms with Crippen LogP contribution >= 0.6 is 0 Å². The lowest BCUT2D eigenvalue weighted by Gasteiger charge is -2.17. The van der Waals surface area contributed by atoms with Gasteiger partial charge in [0.05, 0.1) is 33.6 Å². The van der Waals surface area contributed by atoms with Crippen molar-refractivity contribution in [2.24, 2.45) is 0 Å². The van der Waals surface area contributed by atoms with E-state index in [1.807, 2.05) is 60.7 Å². The number of imide groups is 2. The molecule has 8 aromatic carbocycles. The van der Waals surface area contributed by atoms with Gasteiger partial charge in [-0.05, 0) is 103 Å². The Balaban J connectivity index is 1.01. The van der Waals surface area contributed by atoms with Gasteiger partial charge in [-0.25, -0.2) is 9.80 Å². The lowest BCUT2D eigenvalue weighted by atomic mass is 9.86. The third-order valence-electron chi connectivity index (χ3n) is 11.0. The molecule has 2 aliphatic heterocycles. The molecule has 6 heteroatoms. The van der Waals surface area contributed by atoms with Gasteiger partial charge in [0, 0.05) is 0 Å². The normalized spacial score (nSPS) is 13.8. The van der Waals surface area contributed by atoms with Gasteiger partial charge in [0.1, 0.15) is 0 Å². The van der Waals surface area contributed by atoms with Gasteiger partial charge in [0.2, 0.25) is 0 Å². The molecule has 2 aliphatic rings. The monoisotopic (exact) mass is 748 g/mol. The number of hydrogen-bond acceptors (Lipinski definition) is 4. The molecule has 0 aromatic heterocycles. The molecule has 274 valence electrons. The van der Waals surface area contributed by atoms with Crippen LogP contribution in [0.4, 0.5) is 11.4 Å². The van der Waals surface area contributed by atoms with E-state index in [2.05, 4.69) is 85.0 Å². The van der Waals surface area contributed by atoms with Gasteiger partial charge in [-0.2, -0.15) is 0 Å². The van der Waals surface area contributed by atoms with E-state index < -0.39 is 0 Å².